The van der Waals surface area contributed by atoms with E-state index in [2.05, 4.69) is 5.32 Å². The molecule has 0 saturated carbocycles. The van der Waals surface area contributed by atoms with E-state index in [1.807, 2.05) is 6.07 Å². The average molecular weight is 288 g/mol. The number of nitro groups is 1. The summed E-state index contributed by atoms with van der Waals surface area (Å²) in [5, 5.41) is 13.4. The molecule has 1 aromatic carbocycles. The number of hydrogen-bond donors (Lipinski definition) is 2. The van der Waals surface area contributed by atoms with Gasteiger partial charge in [-0.15, -0.1) is 0 Å². The number of carbonyl (C=O) groups excluding carboxylic acids is 2. The van der Waals surface area contributed by atoms with Gasteiger partial charge in [0.05, 0.1) is 0 Å². The summed E-state index contributed by atoms with van der Waals surface area (Å²) in [5.74, 6) is -1.24. The second-order valence-electron chi connectivity index (χ2n) is 4.24. The Morgan fingerprint density at radius 1 is 1.38 bits per heavy atom. The number of primary amides is 1. The van der Waals surface area contributed by atoms with E-state index in [9.17, 15) is 19.7 Å². The Kier molecular flexibility index (Phi) is 3.98. The van der Waals surface area contributed by atoms with Crippen molar-refractivity contribution >= 4 is 23.8 Å². The van der Waals surface area contributed by atoms with Gasteiger partial charge in [-0.3, -0.25) is 9.59 Å². The highest BCUT2D eigenvalue weighted by Gasteiger charge is 2.28. The van der Waals surface area contributed by atoms with Crippen LogP contribution in [-0.4, -0.2) is 21.8 Å². The highest BCUT2D eigenvalue weighted by atomic mass is 16.6. The van der Waals surface area contributed by atoms with Crippen molar-refractivity contribution in [3.05, 3.63) is 57.8 Å². The van der Waals surface area contributed by atoms with Gasteiger partial charge in [-0.1, -0.05) is 30.3 Å². The largest absolute Gasteiger partial charge is 0.365 e. The molecule has 0 fully saturated rings. The summed E-state index contributed by atoms with van der Waals surface area (Å²) in [7, 11) is 0. The van der Waals surface area contributed by atoms with Gasteiger partial charge in [0.2, 0.25) is 6.41 Å². The van der Waals surface area contributed by atoms with Crippen LogP contribution >= 0.6 is 0 Å². The van der Waals surface area contributed by atoms with Crippen LogP contribution in [0, 0.1) is 10.1 Å². The number of carbonyl (C=O) groups is 2. The third kappa shape index (κ3) is 2.89. The van der Waals surface area contributed by atoms with Crippen molar-refractivity contribution in [1.29, 1.82) is 0 Å². The van der Waals surface area contributed by atoms with Crippen LogP contribution in [0.5, 0.6) is 0 Å². The molecule has 8 heteroatoms. The number of amides is 2. The third-order valence-corrected chi connectivity index (χ3v) is 2.89. The first-order chi connectivity index (χ1) is 10.0. The highest BCUT2D eigenvalue weighted by molar-refractivity contribution is 6.02. The molecule has 0 bridgehead atoms. The number of benzene rings is 1. The molecule has 0 aliphatic rings. The SMILES string of the molecule is NC(=O)c1cn(Cc2ccccc2)c([N+](=O)[O-])c1NC=O. The number of anilines is 1. The quantitative estimate of drug-likeness (QED) is 0.470. The number of rotatable bonds is 6. The smallest absolute Gasteiger partial charge is 0.347 e. The number of hydrogen-bond acceptors (Lipinski definition) is 4. The predicted octanol–water partition coefficient (Wildman–Crippen LogP) is 1.11. The lowest BCUT2D eigenvalue weighted by Gasteiger charge is -2.03. The molecule has 0 aliphatic carbocycles. The molecule has 2 amide bonds. The molecule has 2 rings (SSSR count). The van der Waals surface area contributed by atoms with Crippen LogP contribution in [0.3, 0.4) is 0 Å². The first-order valence-electron chi connectivity index (χ1n) is 5.96. The lowest BCUT2D eigenvalue weighted by molar-refractivity contribution is -0.391. The maximum absolute atomic E-state index is 11.4. The second kappa shape index (κ2) is 5.87. The van der Waals surface area contributed by atoms with Crippen molar-refractivity contribution in [2.24, 2.45) is 5.73 Å². The van der Waals surface area contributed by atoms with E-state index in [4.69, 9.17) is 5.73 Å². The molecular formula is C13H12N4O4. The Hall–Kier alpha value is -3.16. The zero-order chi connectivity index (χ0) is 15.4. The van der Waals surface area contributed by atoms with Gasteiger partial charge in [0.15, 0.2) is 5.69 Å². The normalized spacial score (nSPS) is 10.1. The Morgan fingerprint density at radius 3 is 2.57 bits per heavy atom. The highest BCUT2D eigenvalue weighted by Crippen LogP contribution is 2.31. The molecule has 3 N–H and O–H groups in total. The summed E-state index contributed by atoms with van der Waals surface area (Å²) in [5.41, 5.74) is 5.70. The van der Waals surface area contributed by atoms with Crippen molar-refractivity contribution in [1.82, 2.24) is 4.57 Å². The Morgan fingerprint density at radius 2 is 2.05 bits per heavy atom. The van der Waals surface area contributed by atoms with Crippen molar-refractivity contribution in [3.8, 4) is 0 Å². The summed E-state index contributed by atoms with van der Waals surface area (Å²) in [6.45, 7) is 0.179. The van der Waals surface area contributed by atoms with Crippen molar-refractivity contribution in [3.63, 3.8) is 0 Å². The minimum atomic E-state index is -0.853. The monoisotopic (exact) mass is 288 g/mol. The summed E-state index contributed by atoms with van der Waals surface area (Å²) in [6.07, 6.45) is 1.53. The summed E-state index contributed by atoms with van der Waals surface area (Å²) in [4.78, 5) is 32.5. The van der Waals surface area contributed by atoms with E-state index in [1.54, 1.807) is 24.3 Å². The van der Waals surface area contributed by atoms with Crippen LogP contribution in [-0.2, 0) is 11.3 Å². The van der Waals surface area contributed by atoms with E-state index in [0.717, 1.165) is 5.56 Å². The van der Waals surface area contributed by atoms with E-state index in [0.29, 0.717) is 0 Å². The number of nitrogens with zero attached hydrogens (tertiary/aromatic N) is 2. The van der Waals surface area contributed by atoms with E-state index in [1.165, 1.54) is 10.8 Å². The summed E-state index contributed by atoms with van der Waals surface area (Å²) >= 11 is 0. The molecular weight excluding hydrogens is 276 g/mol. The summed E-state index contributed by atoms with van der Waals surface area (Å²) in [6, 6.07) is 9.00. The van der Waals surface area contributed by atoms with Gasteiger partial charge in [-0.05, 0) is 10.5 Å². The molecule has 0 aliphatic heterocycles. The van der Waals surface area contributed by atoms with Gasteiger partial charge in [-0.25, -0.2) is 4.57 Å². The molecule has 0 spiro atoms. The van der Waals surface area contributed by atoms with E-state index >= 15 is 0 Å². The Bertz CT molecular complexity index is 694. The van der Waals surface area contributed by atoms with Gasteiger partial charge in [0, 0.05) is 0 Å². The van der Waals surface area contributed by atoms with Crippen LogP contribution < -0.4 is 11.1 Å². The molecule has 0 radical (unpaired) electrons. The number of aromatic nitrogens is 1. The standard InChI is InChI=1S/C13H12N4O4/c14-12(19)10-7-16(6-9-4-2-1-3-5-9)13(17(20)21)11(10)15-8-18/h1-5,7-8H,6H2,(H2,14,19)(H,15,18). The molecule has 2 aromatic rings. The van der Waals surface area contributed by atoms with E-state index < -0.39 is 10.8 Å². The molecule has 0 saturated heterocycles. The third-order valence-electron chi connectivity index (χ3n) is 2.89. The van der Waals surface area contributed by atoms with Crippen molar-refractivity contribution in [2.45, 2.75) is 6.54 Å². The minimum absolute atomic E-state index is 0.107. The van der Waals surface area contributed by atoms with Gasteiger partial charge in [-0.2, -0.15) is 0 Å². The molecule has 0 unspecified atom stereocenters. The zero-order valence-corrected chi connectivity index (χ0v) is 10.9. The first kappa shape index (κ1) is 14.3. The van der Waals surface area contributed by atoms with Crippen LogP contribution in [0.15, 0.2) is 36.5 Å². The fourth-order valence-electron chi connectivity index (χ4n) is 2.03. The van der Waals surface area contributed by atoms with Gasteiger partial charge < -0.3 is 21.2 Å². The van der Waals surface area contributed by atoms with Gasteiger partial charge >= 0.3 is 5.82 Å². The van der Waals surface area contributed by atoms with Crippen LogP contribution in [0.1, 0.15) is 15.9 Å². The molecule has 108 valence electrons. The fraction of sp³-hybridized carbons (Fsp3) is 0.0769. The van der Waals surface area contributed by atoms with E-state index in [-0.39, 0.29) is 30.0 Å². The van der Waals surface area contributed by atoms with Crippen LogP contribution in [0.25, 0.3) is 0 Å². The fourth-order valence-corrected chi connectivity index (χ4v) is 2.03. The van der Waals surface area contributed by atoms with Gasteiger partial charge in [0.1, 0.15) is 18.3 Å². The lowest BCUT2D eigenvalue weighted by atomic mass is 10.2. The number of nitrogens with one attached hydrogen (secondary N) is 1. The Labute approximate surface area is 119 Å². The van der Waals surface area contributed by atoms with Gasteiger partial charge in [0.25, 0.3) is 5.91 Å². The maximum Gasteiger partial charge on any atom is 0.347 e. The maximum atomic E-state index is 11.4. The average Bonchev–Trinajstić information content (AvgIpc) is 2.79. The van der Waals surface area contributed by atoms with Crippen LogP contribution in [0.2, 0.25) is 0 Å². The topological polar surface area (TPSA) is 120 Å². The van der Waals surface area contributed by atoms with Crippen molar-refractivity contribution in [2.75, 3.05) is 5.32 Å². The van der Waals surface area contributed by atoms with Crippen molar-refractivity contribution < 1.29 is 14.5 Å². The second-order valence-corrected chi connectivity index (χ2v) is 4.24. The Balaban J connectivity index is 2.54. The minimum Gasteiger partial charge on any atom is -0.365 e. The van der Waals surface area contributed by atoms with Crippen LogP contribution in [0.4, 0.5) is 11.5 Å². The molecule has 1 heterocycles. The zero-order valence-electron chi connectivity index (χ0n) is 10.9. The summed E-state index contributed by atoms with van der Waals surface area (Å²) < 4.78 is 1.27. The molecule has 21 heavy (non-hydrogen) atoms. The molecule has 1 aromatic heterocycles. The lowest BCUT2D eigenvalue weighted by Crippen LogP contribution is -2.12. The number of nitrogens with two attached hydrogens (primary N) is 1. The molecule has 0 atom stereocenters. The first-order valence-corrected chi connectivity index (χ1v) is 5.96. The molecule has 8 nitrogen and oxygen atoms in total. The predicted molar refractivity (Wildman–Crippen MR) is 74.8 cm³/mol.